The number of imidazole rings is 1. The van der Waals surface area contributed by atoms with Crippen LogP contribution in [0.4, 0.5) is 5.69 Å². The van der Waals surface area contributed by atoms with Gasteiger partial charge in [-0.1, -0.05) is 30.0 Å². The largest absolute Gasteiger partial charge is 0.492 e. The van der Waals surface area contributed by atoms with Crippen molar-refractivity contribution < 1.29 is 9.53 Å². The fraction of sp³-hybridized carbons (Fsp3) is 0.360. The second-order valence-corrected chi connectivity index (χ2v) is 8.85. The summed E-state index contributed by atoms with van der Waals surface area (Å²) in [6.07, 6.45) is 3.74. The fourth-order valence-corrected chi connectivity index (χ4v) is 4.75. The van der Waals surface area contributed by atoms with Crippen LogP contribution in [0.2, 0.25) is 0 Å². The minimum Gasteiger partial charge on any atom is -0.492 e. The van der Waals surface area contributed by atoms with Crippen LogP contribution < -0.4 is 9.64 Å². The third-order valence-electron chi connectivity index (χ3n) is 5.84. The van der Waals surface area contributed by atoms with Gasteiger partial charge in [0.25, 0.3) is 0 Å². The molecule has 4 rings (SSSR count). The molecule has 0 saturated carbocycles. The predicted molar refractivity (Wildman–Crippen MR) is 130 cm³/mol. The van der Waals surface area contributed by atoms with Crippen LogP contribution in [0.25, 0.3) is 5.69 Å². The number of thioether (sulfide) groups is 1. The molecular weight excluding hydrogens is 420 g/mol. The van der Waals surface area contributed by atoms with E-state index in [1.54, 1.807) is 6.20 Å². The minimum absolute atomic E-state index is 0.155. The Morgan fingerprint density at radius 2 is 1.84 bits per heavy atom. The lowest BCUT2D eigenvalue weighted by molar-refractivity contribution is -0.128. The molecule has 3 aromatic rings. The van der Waals surface area contributed by atoms with Gasteiger partial charge < -0.3 is 14.5 Å². The lowest BCUT2D eigenvalue weighted by Crippen LogP contribution is -2.49. The van der Waals surface area contributed by atoms with Gasteiger partial charge in [-0.05, 0) is 56.2 Å². The summed E-state index contributed by atoms with van der Waals surface area (Å²) in [5.74, 6) is 1.45. The summed E-state index contributed by atoms with van der Waals surface area (Å²) in [6, 6.07) is 14.5. The molecule has 0 unspecified atom stereocenters. The van der Waals surface area contributed by atoms with E-state index in [-0.39, 0.29) is 5.91 Å². The number of ether oxygens (including phenoxy) is 1. The van der Waals surface area contributed by atoms with E-state index in [1.165, 1.54) is 22.9 Å². The van der Waals surface area contributed by atoms with E-state index >= 15 is 0 Å². The molecular formula is C25H30N4O2S. The average Bonchev–Trinajstić information content (AvgIpc) is 3.29. The number of aromatic nitrogens is 2. The Balaban J connectivity index is 1.34. The van der Waals surface area contributed by atoms with Crippen molar-refractivity contribution in [3.63, 3.8) is 0 Å². The van der Waals surface area contributed by atoms with Crippen LogP contribution in [0.3, 0.4) is 0 Å². The van der Waals surface area contributed by atoms with Crippen molar-refractivity contribution in [3.05, 3.63) is 66.0 Å². The highest BCUT2D eigenvalue weighted by Crippen LogP contribution is 2.29. The van der Waals surface area contributed by atoms with Gasteiger partial charge in [0.1, 0.15) is 5.75 Å². The number of rotatable bonds is 7. The van der Waals surface area contributed by atoms with Crippen molar-refractivity contribution in [2.45, 2.75) is 25.9 Å². The number of benzene rings is 2. The standard InChI is InChI=1S/C25H30N4O2S/c1-4-31-23-8-6-5-7-22(23)27-13-15-28(16-14-27)24(30)18-32-25-26-11-12-29(25)21-10-9-19(2)20(3)17-21/h5-12,17H,4,13-16,18H2,1-3H3. The van der Waals surface area contributed by atoms with Gasteiger partial charge in [-0.15, -0.1) is 0 Å². The van der Waals surface area contributed by atoms with E-state index in [2.05, 4.69) is 48.0 Å². The molecule has 0 spiro atoms. The highest BCUT2D eigenvalue weighted by Gasteiger charge is 2.23. The van der Waals surface area contributed by atoms with Crippen molar-refractivity contribution in [3.8, 4) is 11.4 Å². The maximum absolute atomic E-state index is 12.9. The maximum Gasteiger partial charge on any atom is 0.233 e. The van der Waals surface area contributed by atoms with Gasteiger partial charge in [0.2, 0.25) is 5.91 Å². The maximum atomic E-state index is 12.9. The molecule has 1 amide bonds. The first-order chi connectivity index (χ1) is 15.6. The number of nitrogens with zero attached hydrogens (tertiary/aromatic N) is 4. The van der Waals surface area contributed by atoms with E-state index in [0.717, 1.165) is 35.4 Å². The van der Waals surface area contributed by atoms with Gasteiger partial charge in [-0.3, -0.25) is 9.36 Å². The van der Waals surface area contributed by atoms with E-state index in [9.17, 15) is 4.79 Å². The second-order valence-electron chi connectivity index (χ2n) is 7.91. The molecule has 0 atom stereocenters. The normalized spacial score (nSPS) is 14.0. The van der Waals surface area contributed by atoms with Gasteiger partial charge in [-0.25, -0.2) is 4.98 Å². The first kappa shape index (κ1) is 22.3. The van der Waals surface area contributed by atoms with Gasteiger partial charge in [0.05, 0.1) is 18.0 Å². The van der Waals surface area contributed by atoms with Crippen LogP contribution in [0.1, 0.15) is 18.1 Å². The lowest BCUT2D eigenvalue weighted by atomic mass is 10.1. The summed E-state index contributed by atoms with van der Waals surface area (Å²) in [4.78, 5) is 21.6. The summed E-state index contributed by atoms with van der Waals surface area (Å²) in [6.45, 7) is 9.89. The first-order valence-corrected chi connectivity index (χ1v) is 12.0. The molecule has 1 aromatic heterocycles. The van der Waals surface area contributed by atoms with Crippen LogP contribution in [-0.4, -0.2) is 58.9 Å². The molecule has 0 radical (unpaired) electrons. The third-order valence-corrected chi connectivity index (χ3v) is 6.79. The molecule has 1 aliphatic heterocycles. The number of piperazine rings is 1. The van der Waals surface area contributed by atoms with Crippen LogP contribution in [-0.2, 0) is 4.79 Å². The number of hydrogen-bond donors (Lipinski definition) is 0. The van der Waals surface area contributed by atoms with Crippen molar-refractivity contribution in [2.24, 2.45) is 0 Å². The van der Waals surface area contributed by atoms with Crippen molar-refractivity contribution in [2.75, 3.05) is 43.4 Å². The summed E-state index contributed by atoms with van der Waals surface area (Å²) in [7, 11) is 0. The molecule has 0 bridgehead atoms. The zero-order valence-corrected chi connectivity index (χ0v) is 19.8. The Morgan fingerprint density at radius 1 is 1.06 bits per heavy atom. The molecule has 6 nitrogen and oxygen atoms in total. The Kier molecular flexibility index (Phi) is 7.05. The van der Waals surface area contributed by atoms with Crippen LogP contribution in [0, 0.1) is 13.8 Å². The number of hydrogen-bond acceptors (Lipinski definition) is 5. The molecule has 0 N–H and O–H groups in total. The van der Waals surface area contributed by atoms with Gasteiger partial charge >= 0.3 is 0 Å². The molecule has 168 valence electrons. The molecule has 2 heterocycles. The van der Waals surface area contributed by atoms with E-state index in [0.29, 0.717) is 25.4 Å². The SMILES string of the molecule is CCOc1ccccc1N1CCN(C(=O)CSc2nccn2-c2ccc(C)c(C)c2)CC1. The lowest BCUT2D eigenvalue weighted by Gasteiger charge is -2.36. The third kappa shape index (κ3) is 4.93. The Morgan fingerprint density at radius 3 is 2.59 bits per heavy atom. The number of carbonyl (C=O) groups is 1. The van der Waals surface area contributed by atoms with Crippen molar-refractivity contribution in [1.82, 2.24) is 14.5 Å². The van der Waals surface area contributed by atoms with Gasteiger partial charge in [0.15, 0.2) is 5.16 Å². The minimum atomic E-state index is 0.155. The molecule has 2 aromatic carbocycles. The summed E-state index contributed by atoms with van der Waals surface area (Å²) < 4.78 is 7.82. The molecule has 1 saturated heterocycles. The van der Waals surface area contributed by atoms with Crippen LogP contribution in [0.15, 0.2) is 60.0 Å². The summed E-state index contributed by atoms with van der Waals surface area (Å²) in [5, 5.41) is 0.839. The molecule has 1 aliphatic rings. The smallest absolute Gasteiger partial charge is 0.233 e. The molecule has 32 heavy (non-hydrogen) atoms. The molecule has 0 aliphatic carbocycles. The number of aryl methyl sites for hydroxylation is 2. The Labute approximate surface area is 194 Å². The van der Waals surface area contributed by atoms with Crippen molar-refractivity contribution >= 4 is 23.4 Å². The van der Waals surface area contributed by atoms with Crippen LogP contribution in [0.5, 0.6) is 5.75 Å². The van der Waals surface area contributed by atoms with E-state index in [1.807, 2.05) is 40.8 Å². The highest BCUT2D eigenvalue weighted by molar-refractivity contribution is 7.99. The quantitative estimate of drug-likeness (QED) is 0.502. The first-order valence-electron chi connectivity index (χ1n) is 11.0. The Hall–Kier alpha value is -2.93. The van der Waals surface area contributed by atoms with Crippen LogP contribution >= 0.6 is 11.8 Å². The zero-order chi connectivity index (χ0) is 22.5. The topological polar surface area (TPSA) is 50.6 Å². The fourth-order valence-electron chi connectivity index (χ4n) is 3.88. The van der Waals surface area contributed by atoms with Gasteiger partial charge in [0, 0.05) is 44.3 Å². The molecule has 7 heteroatoms. The number of anilines is 1. The number of amides is 1. The van der Waals surface area contributed by atoms with E-state index < -0.39 is 0 Å². The summed E-state index contributed by atoms with van der Waals surface area (Å²) >= 11 is 1.49. The average molecular weight is 451 g/mol. The highest BCUT2D eigenvalue weighted by atomic mass is 32.2. The molecule has 1 fully saturated rings. The second kappa shape index (κ2) is 10.1. The number of carbonyl (C=O) groups excluding carboxylic acids is 1. The number of para-hydroxylation sites is 2. The van der Waals surface area contributed by atoms with Crippen molar-refractivity contribution in [1.29, 1.82) is 0 Å². The van der Waals surface area contributed by atoms with Gasteiger partial charge in [-0.2, -0.15) is 0 Å². The predicted octanol–water partition coefficient (Wildman–Crippen LogP) is 4.33. The monoisotopic (exact) mass is 450 g/mol. The van der Waals surface area contributed by atoms with E-state index in [4.69, 9.17) is 4.74 Å². The summed E-state index contributed by atoms with van der Waals surface area (Å²) in [5.41, 5.74) is 4.68. The zero-order valence-electron chi connectivity index (χ0n) is 19.0. The Bertz CT molecular complexity index is 1070.